The average Bonchev–Trinajstić information content (AvgIpc) is 3.51. The van der Waals surface area contributed by atoms with Crippen LogP contribution in [0.15, 0.2) is 36.5 Å². The molecule has 2 aliphatic heterocycles. The summed E-state index contributed by atoms with van der Waals surface area (Å²) in [6.07, 6.45) is -3.78. The predicted octanol–water partition coefficient (Wildman–Crippen LogP) is 2.59. The number of amides is 2. The molecule has 13 heteroatoms. The molecule has 0 spiro atoms. The number of nitrogens with zero attached hydrogens (tertiary/aromatic N) is 5. The SMILES string of the molecule is O=C(OCc1ccc(OC(F)(F)F)cc1)N1CC2CN(C(=O)c3cnc4n[nH]nc4c3)C[C@H]2C1. The summed E-state index contributed by atoms with van der Waals surface area (Å²) in [6.45, 7) is 1.90. The molecule has 178 valence electrons. The molecule has 0 aliphatic carbocycles. The van der Waals surface area contributed by atoms with E-state index >= 15 is 0 Å². The Kier molecular flexibility index (Phi) is 5.46. The first-order valence-corrected chi connectivity index (χ1v) is 10.5. The monoisotopic (exact) mass is 476 g/mol. The molecule has 0 bridgehead atoms. The topological polar surface area (TPSA) is 114 Å². The van der Waals surface area contributed by atoms with Crippen molar-refractivity contribution >= 4 is 23.2 Å². The van der Waals surface area contributed by atoms with E-state index < -0.39 is 12.5 Å². The maximum Gasteiger partial charge on any atom is 0.573 e. The number of pyridine rings is 1. The summed E-state index contributed by atoms with van der Waals surface area (Å²) < 4.78 is 45.8. The third-order valence-corrected chi connectivity index (χ3v) is 5.97. The summed E-state index contributed by atoms with van der Waals surface area (Å²) in [4.78, 5) is 32.8. The lowest BCUT2D eigenvalue weighted by Crippen LogP contribution is -2.35. The molecule has 2 aromatic heterocycles. The zero-order valence-corrected chi connectivity index (χ0v) is 17.7. The molecular weight excluding hydrogens is 457 g/mol. The second-order valence-electron chi connectivity index (χ2n) is 8.27. The van der Waals surface area contributed by atoms with Gasteiger partial charge in [-0.1, -0.05) is 12.1 Å². The fourth-order valence-electron chi connectivity index (χ4n) is 4.37. The van der Waals surface area contributed by atoms with Crippen LogP contribution in [0, 0.1) is 11.8 Å². The van der Waals surface area contributed by atoms with Crippen LogP contribution in [0.2, 0.25) is 0 Å². The molecule has 2 aliphatic rings. The van der Waals surface area contributed by atoms with Crippen molar-refractivity contribution < 1.29 is 32.2 Å². The van der Waals surface area contributed by atoms with Crippen molar-refractivity contribution in [3.63, 3.8) is 0 Å². The number of likely N-dealkylation sites (tertiary alicyclic amines) is 2. The molecule has 5 rings (SSSR count). The molecular formula is C21H19F3N6O4. The quantitative estimate of drug-likeness (QED) is 0.616. The van der Waals surface area contributed by atoms with Gasteiger partial charge in [0.25, 0.3) is 5.91 Å². The number of hydrogen-bond donors (Lipinski definition) is 1. The molecule has 3 aromatic rings. The second-order valence-corrected chi connectivity index (χ2v) is 8.27. The fraction of sp³-hybridized carbons (Fsp3) is 0.381. The highest BCUT2D eigenvalue weighted by molar-refractivity contribution is 5.96. The summed E-state index contributed by atoms with van der Waals surface area (Å²) in [6, 6.07) is 6.79. The first kappa shape index (κ1) is 21.9. The van der Waals surface area contributed by atoms with Gasteiger partial charge in [0.05, 0.1) is 5.56 Å². The van der Waals surface area contributed by atoms with Crippen LogP contribution >= 0.6 is 0 Å². The Labute approximate surface area is 190 Å². The van der Waals surface area contributed by atoms with E-state index in [2.05, 4.69) is 25.1 Å². The highest BCUT2D eigenvalue weighted by Crippen LogP contribution is 2.32. The number of H-pyrrole nitrogens is 1. The minimum atomic E-state index is -4.76. The lowest BCUT2D eigenvalue weighted by Gasteiger charge is -2.21. The summed E-state index contributed by atoms with van der Waals surface area (Å²) >= 11 is 0. The van der Waals surface area contributed by atoms with Crippen LogP contribution in [0.25, 0.3) is 11.2 Å². The summed E-state index contributed by atoms with van der Waals surface area (Å²) in [7, 11) is 0. The first-order valence-electron chi connectivity index (χ1n) is 10.5. The second kappa shape index (κ2) is 8.47. The van der Waals surface area contributed by atoms with Gasteiger partial charge in [-0.15, -0.1) is 18.3 Å². The Bertz CT molecular complexity index is 1200. The number of alkyl halides is 3. The standard InChI is InChI=1S/C21H19F3N6O4/c22-21(23,24)34-16-3-1-12(2-4-16)11-33-20(32)30-9-14-7-29(8-15(14)10-30)19(31)13-5-17-18(25-6-13)27-28-26-17/h1-6,14-15H,7-11H2,(H,25,26,27,28)/t14-,15?/m0/s1. The Balaban J connectivity index is 1.11. The van der Waals surface area contributed by atoms with Gasteiger partial charge in [0.1, 0.15) is 17.9 Å². The van der Waals surface area contributed by atoms with Gasteiger partial charge in [0.2, 0.25) is 5.65 Å². The number of aromatic nitrogens is 4. The molecule has 10 nitrogen and oxygen atoms in total. The van der Waals surface area contributed by atoms with E-state index in [0.717, 1.165) is 0 Å². The largest absolute Gasteiger partial charge is 0.573 e. The minimum Gasteiger partial charge on any atom is -0.445 e. The summed E-state index contributed by atoms with van der Waals surface area (Å²) in [5.74, 6) is -0.206. The highest BCUT2D eigenvalue weighted by atomic mass is 19.4. The van der Waals surface area contributed by atoms with Crippen molar-refractivity contribution in [3.8, 4) is 5.75 Å². The number of carbonyl (C=O) groups excluding carboxylic acids is 2. The number of hydrogen-bond acceptors (Lipinski definition) is 7. The Morgan fingerprint density at radius 2 is 1.71 bits per heavy atom. The van der Waals surface area contributed by atoms with E-state index in [1.807, 2.05) is 0 Å². The molecule has 2 atom stereocenters. The van der Waals surface area contributed by atoms with Crippen LogP contribution < -0.4 is 4.74 Å². The molecule has 0 saturated carbocycles. The predicted molar refractivity (Wildman–Crippen MR) is 109 cm³/mol. The van der Waals surface area contributed by atoms with Gasteiger partial charge in [0, 0.05) is 44.2 Å². The van der Waals surface area contributed by atoms with Crippen LogP contribution in [0.1, 0.15) is 15.9 Å². The normalized spacial score (nSPS) is 20.0. The number of ether oxygens (including phenoxy) is 2. The van der Waals surface area contributed by atoms with E-state index in [-0.39, 0.29) is 30.1 Å². The molecule has 2 fully saturated rings. The van der Waals surface area contributed by atoms with Gasteiger partial charge < -0.3 is 19.3 Å². The minimum absolute atomic E-state index is 0.0703. The fourth-order valence-corrected chi connectivity index (χ4v) is 4.37. The van der Waals surface area contributed by atoms with E-state index in [1.54, 1.807) is 15.9 Å². The number of carbonyl (C=O) groups is 2. The van der Waals surface area contributed by atoms with Gasteiger partial charge in [-0.2, -0.15) is 10.3 Å². The van der Waals surface area contributed by atoms with Gasteiger partial charge in [0.15, 0.2) is 0 Å². The first-order chi connectivity index (χ1) is 16.2. The van der Waals surface area contributed by atoms with Gasteiger partial charge in [-0.25, -0.2) is 9.78 Å². The zero-order chi connectivity index (χ0) is 23.9. The van der Waals surface area contributed by atoms with Crippen molar-refractivity contribution in [1.29, 1.82) is 0 Å². The van der Waals surface area contributed by atoms with Crippen LogP contribution in [0.5, 0.6) is 5.75 Å². The van der Waals surface area contributed by atoms with Gasteiger partial charge in [-0.05, 0) is 23.8 Å². The van der Waals surface area contributed by atoms with Crippen molar-refractivity contribution in [2.75, 3.05) is 26.2 Å². The number of rotatable bonds is 4. The number of nitrogens with one attached hydrogen (secondary N) is 1. The Morgan fingerprint density at radius 3 is 2.38 bits per heavy atom. The maximum atomic E-state index is 12.9. The van der Waals surface area contributed by atoms with Gasteiger partial charge in [-0.3, -0.25) is 4.79 Å². The lowest BCUT2D eigenvalue weighted by atomic mass is 10.0. The third kappa shape index (κ3) is 4.58. The third-order valence-electron chi connectivity index (χ3n) is 5.97. The maximum absolute atomic E-state index is 12.9. The summed E-state index contributed by atoms with van der Waals surface area (Å²) in [5, 5.41) is 10.3. The van der Waals surface area contributed by atoms with Crippen molar-refractivity contribution in [1.82, 2.24) is 30.2 Å². The molecule has 1 unspecified atom stereocenters. The van der Waals surface area contributed by atoms with E-state index in [0.29, 0.717) is 48.5 Å². The van der Waals surface area contributed by atoms with Crippen LogP contribution in [0.4, 0.5) is 18.0 Å². The molecule has 2 saturated heterocycles. The number of halogens is 3. The molecule has 1 aromatic carbocycles. The van der Waals surface area contributed by atoms with Crippen LogP contribution in [-0.4, -0.2) is 74.7 Å². The van der Waals surface area contributed by atoms with Crippen molar-refractivity contribution in [2.45, 2.75) is 13.0 Å². The lowest BCUT2D eigenvalue weighted by molar-refractivity contribution is -0.274. The van der Waals surface area contributed by atoms with Gasteiger partial charge >= 0.3 is 12.5 Å². The molecule has 2 amide bonds. The smallest absolute Gasteiger partial charge is 0.445 e. The molecule has 34 heavy (non-hydrogen) atoms. The molecule has 1 N–H and O–H groups in total. The highest BCUT2D eigenvalue weighted by Gasteiger charge is 2.43. The summed E-state index contributed by atoms with van der Waals surface area (Å²) in [5.41, 5.74) is 1.93. The Hall–Kier alpha value is -3.90. The zero-order valence-electron chi connectivity index (χ0n) is 17.7. The average molecular weight is 476 g/mol. The number of fused-ring (bicyclic) bond motifs is 2. The molecule has 4 heterocycles. The van der Waals surface area contributed by atoms with Crippen molar-refractivity contribution in [2.24, 2.45) is 11.8 Å². The van der Waals surface area contributed by atoms with Crippen molar-refractivity contribution in [3.05, 3.63) is 47.7 Å². The van der Waals surface area contributed by atoms with E-state index in [9.17, 15) is 22.8 Å². The van der Waals surface area contributed by atoms with Crippen LogP contribution in [-0.2, 0) is 11.3 Å². The van der Waals surface area contributed by atoms with E-state index in [1.165, 1.54) is 30.5 Å². The number of benzene rings is 1. The van der Waals surface area contributed by atoms with Crippen LogP contribution in [0.3, 0.4) is 0 Å². The molecule has 0 radical (unpaired) electrons. The van der Waals surface area contributed by atoms with E-state index in [4.69, 9.17) is 4.74 Å². The Morgan fingerprint density at radius 1 is 1.03 bits per heavy atom. The number of aromatic amines is 1.